The molecule has 1 aliphatic rings. The smallest absolute Gasteiger partial charge is 0.121 e. The summed E-state index contributed by atoms with van der Waals surface area (Å²) in [6.45, 7) is 2.03. The lowest BCUT2D eigenvalue weighted by Crippen LogP contribution is -2.20. The van der Waals surface area contributed by atoms with E-state index in [2.05, 4.69) is 51.3 Å². The second-order valence-electron chi connectivity index (χ2n) is 2.50. The van der Waals surface area contributed by atoms with Crippen molar-refractivity contribution < 1.29 is 5.11 Å². The maximum atomic E-state index is 9.52. The average Bonchev–Trinajstić information content (AvgIpc) is 1.83. The zero-order valence-corrected chi connectivity index (χ0v) is 9.88. The quantitative estimate of drug-likeness (QED) is 0.518. The van der Waals surface area contributed by atoms with Gasteiger partial charge in [0.2, 0.25) is 0 Å². The lowest BCUT2D eigenvalue weighted by molar-refractivity contribution is 0.363. The van der Waals surface area contributed by atoms with E-state index in [0.29, 0.717) is 5.76 Å². The van der Waals surface area contributed by atoms with Crippen LogP contribution in [-0.2, 0) is 0 Å². The fourth-order valence-corrected chi connectivity index (χ4v) is 2.72. The fourth-order valence-electron chi connectivity index (χ4n) is 0.808. The summed E-state index contributed by atoms with van der Waals surface area (Å²) < 4.78 is 0.879. The summed E-state index contributed by atoms with van der Waals surface area (Å²) in [5.41, 5.74) is 0. The highest BCUT2D eigenvalue weighted by atomic mass is 127. The third-order valence-electron chi connectivity index (χ3n) is 1.49. The van der Waals surface area contributed by atoms with E-state index in [1.807, 2.05) is 13.0 Å². The van der Waals surface area contributed by atoms with Crippen molar-refractivity contribution in [2.75, 3.05) is 0 Å². The van der Waals surface area contributed by atoms with Gasteiger partial charge in [0.15, 0.2) is 0 Å². The molecule has 1 rings (SSSR count). The molecule has 0 bridgehead atoms. The maximum Gasteiger partial charge on any atom is 0.121 e. The number of aliphatic hydroxyl groups is 1. The lowest BCUT2D eigenvalue weighted by Gasteiger charge is -2.23. The molecule has 0 aliphatic heterocycles. The topological polar surface area (TPSA) is 20.2 Å². The molecule has 0 aromatic heterocycles. The molecular weight excluding hydrogens is 354 g/mol. The van der Waals surface area contributed by atoms with Crippen molar-refractivity contribution in [3.05, 3.63) is 21.5 Å². The second-order valence-corrected chi connectivity index (χ2v) is 6.04. The first kappa shape index (κ1) is 8.83. The van der Waals surface area contributed by atoms with E-state index < -0.39 is 0 Å². The largest absolute Gasteiger partial charge is 0.510 e. The third kappa shape index (κ3) is 1.66. The first-order valence-corrected chi connectivity index (χ1v) is 5.14. The monoisotopic (exact) mass is 362 g/mol. The van der Waals surface area contributed by atoms with Crippen LogP contribution >= 0.6 is 45.2 Å². The minimum absolute atomic E-state index is 0.0803. The number of aliphatic hydroxyl groups excluding tert-OH is 1. The van der Waals surface area contributed by atoms with Crippen LogP contribution in [0.5, 0.6) is 0 Å². The summed E-state index contributed by atoms with van der Waals surface area (Å²) in [6.07, 6.45) is 4.97. The Labute approximate surface area is 87.9 Å². The van der Waals surface area contributed by atoms with Gasteiger partial charge in [-0.25, -0.2) is 0 Å². The fraction of sp³-hybridized carbons (Fsp3) is 0.429. The normalized spacial score (nSPS) is 33.1. The Hall–Kier alpha value is 0.740. The number of hydrogen-bond acceptors (Lipinski definition) is 1. The van der Waals surface area contributed by atoms with Gasteiger partial charge in [-0.1, -0.05) is 28.7 Å². The Kier molecular flexibility index (Phi) is 2.65. The first-order chi connectivity index (χ1) is 4.54. The molecule has 1 aliphatic carbocycles. The van der Waals surface area contributed by atoms with E-state index in [9.17, 15) is 5.11 Å². The summed E-state index contributed by atoms with van der Waals surface area (Å²) >= 11 is 4.41. The van der Waals surface area contributed by atoms with Crippen molar-refractivity contribution in [1.82, 2.24) is 0 Å². The summed E-state index contributed by atoms with van der Waals surface area (Å²) in [7, 11) is 0. The summed E-state index contributed by atoms with van der Waals surface area (Å²) in [5, 5.41) is 9.52. The van der Waals surface area contributed by atoms with Crippen LogP contribution in [0.4, 0.5) is 0 Å². The molecular formula is C7H8I2O. The number of halogens is 2. The molecule has 0 spiro atoms. The van der Waals surface area contributed by atoms with Crippen LogP contribution < -0.4 is 0 Å². The van der Waals surface area contributed by atoms with Gasteiger partial charge in [0, 0.05) is 0 Å². The van der Waals surface area contributed by atoms with Gasteiger partial charge < -0.3 is 5.11 Å². The van der Waals surface area contributed by atoms with Gasteiger partial charge in [-0.2, -0.15) is 0 Å². The minimum atomic E-state index is -0.0803. The van der Waals surface area contributed by atoms with E-state index in [1.165, 1.54) is 0 Å². The van der Waals surface area contributed by atoms with Gasteiger partial charge in [-0.15, -0.1) is 0 Å². The molecule has 0 saturated carbocycles. The Morgan fingerprint density at radius 3 is 2.70 bits per heavy atom. The van der Waals surface area contributed by atoms with Crippen molar-refractivity contribution in [2.24, 2.45) is 0 Å². The summed E-state index contributed by atoms with van der Waals surface area (Å²) in [5.74, 6) is 0.510. The van der Waals surface area contributed by atoms with Crippen molar-refractivity contribution >= 4 is 45.2 Å². The van der Waals surface area contributed by atoms with Gasteiger partial charge in [0.05, 0.1) is 7.00 Å². The van der Waals surface area contributed by atoms with Crippen LogP contribution in [0.2, 0.25) is 0 Å². The van der Waals surface area contributed by atoms with Crippen LogP contribution in [0.15, 0.2) is 21.5 Å². The van der Waals surface area contributed by atoms with Crippen LogP contribution in [-0.4, -0.2) is 8.53 Å². The molecule has 0 aromatic carbocycles. The predicted molar refractivity (Wildman–Crippen MR) is 59.9 cm³/mol. The van der Waals surface area contributed by atoms with Crippen molar-refractivity contribution in [2.45, 2.75) is 16.8 Å². The number of rotatable bonds is 0. The predicted octanol–water partition coefficient (Wildman–Crippen LogP) is 3.34. The van der Waals surface area contributed by atoms with Crippen molar-refractivity contribution in [3.8, 4) is 0 Å². The lowest BCUT2D eigenvalue weighted by atomic mass is 10.0. The Morgan fingerprint density at radius 1 is 1.70 bits per heavy atom. The van der Waals surface area contributed by atoms with Gasteiger partial charge >= 0.3 is 0 Å². The van der Waals surface area contributed by atoms with Crippen molar-refractivity contribution in [3.63, 3.8) is 0 Å². The van der Waals surface area contributed by atoms with Crippen LogP contribution in [0.1, 0.15) is 13.3 Å². The Morgan fingerprint density at radius 2 is 2.30 bits per heavy atom. The zero-order valence-electron chi connectivity index (χ0n) is 5.56. The summed E-state index contributed by atoms with van der Waals surface area (Å²) in [6, 6.07) is 0. The number of alkyl halides is 1. The molecule has 1 nitrogen and oxygen atoms in total. The van der Waals surface area contributed by atoms with E-state index in [4.69, 9.17) is 0 Å². The van der Waals surface area contributed by atoms with E-state index in [0.717, 1.165) is 10.0 Å². The highest BCUT2D eigenvalue weighted by molar-refractivity contribution is 14.1. The molecule has 10 heavy (non-hydrogen) atoms. The Bertz CT molecular complexity index is 204. The SMILES string of the molecule is CC1(I)CC=CC(I)=C1O. The van der Waals surface area contributed by atoms with Crippen LogP contribution in [0.25, 0.3) is 0 Å². The van der Waals surface area contributed by atoms with E-state index >= 15 is 0 Å². The second kappa shape index (κ2) is 3.00. The first-order valence-electron chi connectivity index (χ1n) is 2.99. The van der Waals surface area contributed by atoms with Crippen molar-refractivity contribution in [1.29, 1.82) is 0 Å². The molecule has 1 unspecified atom stereocenters. The molecule has 56 valence electrons. The maximum absolute atomic E-state index is 9.52. The molecule has 3 heteroatoms. The molecule has 0 heterocycles. The van der Waals surface area contributed by atoms with Gasteiger partial charge in [0.25, 0.3) is 0 Å². The van der Waals surface area contributed by atoms with Gasteiger partial charge in [-0.3, -0.25) is 0 Å². The summed E-state index contributed by atoms with van der Waals surface area (Å²) in [4.78, 5) is 0. The average molecular weight is 362 g/mol. The highest BCUT2D eigenvalue weighted by Crippen LogP contribution is 2.37. The molecule has 1 atom stereocenters. The van der Waals surface area contributed by atoms with Crippen LogP contribution in [0.3, 0.4) is 0 Å². The molecule has 0 aromatic rings. The molecule has 1 N–H and O–H groups in total. The standard InChI is InChI=1S/C7H8I2O/c1-7(9)4-2-3-5(8)6(7)10/h2-3,10H,4H2,1H3. The van der Waals surface area contributed by atoms with Gasteiger partial charge in [0.1, 0.15) is 5.76 Å². The zero-order chi connectivity index (χ0) is 7.78. The molecule has 0 saturated heterocycles. The minimum Gasteiger partial charge on any atom is -0.510 e. The highest BCUT2D eigenvalue weighted by Gasteiger charge is 2.27. The molecule has 0 amide bonds. The van der Waals surface area contributed by atoms with E-state index in [-0.39, 0.29) is 3.42 Å². The number of allylic oxidation sites excluding steroid dienone is 4. The molecule has 0 radical (unpaired) electrons. The van der Waals surface area contributed by atoms with Crippen LogP contribution in [0, 0.1) is 0 Å². The molecule has 0 fully saturated rings. The Balaban J connectivity index is 2.99. The van der Waals surface area contributed by atoms with E-state index in [1.54, 1.807) is 0 Å². The van der Waals surface area contributed by atoms with Gasteiger partial charge in [-0.05, 0) is 42.0 Å². The third-order valence-corrected chi connectivity index (χ3v) is 3.31. The number of hydrogen-bond donors (Lipinski definition) is 1.